The van der Waals surface area contributed by atoms with E-state index in [9.17, 15) is 29.5 Å². The molecule has 1 fully saturated rings. The summed E-state index contributed by atoms with van der Waals surface area (Å²) in [6.45, 7) is 1.77. The Morgan fingerprint density at radius 1 is 1.12 bits per heavy atom. The van der Waals surface area contributed by atoms with Crippen LogP contribution in [0.1, 0.15) is 13.8 Å². The minimum absolute atomic E-state index is 0.109. The number of rotatable bonds is 11. The Hall–Kier alpha value is -2.25. The van der Waals surface area contributed by atoms with Gasteiger partial charge >= 0.3 is 13.7 Å². The monoisotopic (exact) mass is 492 g/mol. The molecule has 5 N–H and O–H groups in total. The average Bonchev–Trinajstić information content (AvgIpc) is 2.77. The van der Waals surface area contributed by atoms with Crippen molar-refractivity contribution in [2.45, 2.75) is 44.5 Å². The van der Waals surface area contributed by atoms with Crippen LogP contribution < -0.4 is 19.7 Å². The van der Waals surface area contributed by atoms with E-state index in [1.807, 2.05) is 0 Å². The molecule has 6 atom stereocenters. The van der Waals surface area contributed by atoms with E-state index in [4.69, 9.17) is 23.3 Å². The number of esters is 1. The molecule has 1 heterocycles. The normalized spacial score (nSPS) is 26.7. The lowest BCUT2D eigenvalue weighted by molar-refractivity contribution is -0.252. The van der Waals surface area contributed by atoms with Crippen LogP contribution in [0.15, 0.2) is 24.3 Å². The highest BCUT2D eigenvalue weighted by Gasteiger charge is 2.45. The number of hydrogen-bond donors (Lipinski definition) is 5. The van der Waals surface area contributed by atoms with Gasteiger partial charge in [0.05, 0.1) is 20.3 Å². The molecular weight excluding hydrogens is 463 g/mol. The van der Waals surface area contributed by atoms with Gasteiger partial charge in [-0.1, -0.05) is 0 Å². The van der Waals surface area contributed by atoms with Gasteiger partial charge in [0.25, 0.3) is 0 Å². The molecule has 0 aliphatic carbocycles. The van der Waals surface area contributed by atoms with Gasteiger partial charge in [0.2, 0.25) is 5.91 Å². The van der Waals surface area contributed by atoms with Crippen molar-refractivity contribution in [2.24, 2.45) is 0 Å². The molecule has 2 rings (SSSR count). The molecule has 1 aliphatic heterocycles. The second-order valence-corrected chi connectivity index (χ2v) is 8.72. The Bertz CT molecular complexity index is 838. The smallest absolute Gasteiger partial charge is 0.459 e. The van der Waals surface area contributed by atoms with Gasteiger partial charge in [-0.2, -0.15) is 0 Å². The van der Waals surface area contributed by atoms with Gasteiger partial charge in [-0.25, -0.2) is 9.65 Å². The summed E-state index contributed by atoms with van der Waals surface area (Å²) in [4.78, 5) is 22.9. The number of methoxy groups -OCH3 is 1. The third-order valence-corrected chi connectivity index (χ3v) is 5.99. The number of aliphatic hydroxyl groups is 3. The molecule has 1 aromatic carbocycles. The van der Waals surface area contributed by atoms with E-state index in [2.05, 4.69) is 10.4 Å². The Balaban J connectivity index is 2.10. The number of benzene rings is 1. The number of carbonyl (C=O) groups is 2. The van der Waals surface area contributed by atoms with Crippen LogP contribution >= 0.6 is 7.75 Å². The Kier molecular flexibility index (Phi) is 10.0. The Labute approximate surface area is 190 Å². The third kappa shape index (κ3) is 7.93. The fraction of sp³-hybridized carbons (Fsp3) is 0.579. The Morgan fingerprint density at radius 3 is 2.33 bits per heavy atom. The first-order valence-corrected chi connectivity index (χ1v) is 11.6. The predicted octanol–water partition coefficient (Wildman–Crippen LogP) is -0.705. The highest BCUT2D eigenvalue weighted by Crippen LogP contribution is 2.45. The maximum atomic E-state index is 13.3. The van der Waals surface area contributed by atoms with Crippen molar-refractivity contribution in [3.8, 4) is 11.5 Å². The van der Waals surface area contributed by atoms with Gasteiger partial charge in [0.15, 0.2) is 6.29 Å². The highest BCUT2D eigenvalue weighted by molar-refractivity contribution is 7.52. The molecule has 13 nitrogen and oxygen atoms in total. The van der Waals surface area contributed by atoms with Crippen molar-refractivity contribution < 1.29 is 52.7 Å². The first kappa shape index (κ1) is 27.0. The number of ether oxygens (including phenoxy) is 3. The highest BCUT2D eigenvalue weighted by atomic mass is 31.2. The summed E-state index contributed by atoms with van der Waals surface area (Å²) in [7, 11) is -2.76. The zero-order valence-corrected chi connectivity index (χ0v) is 19.3. The van der Waals surface area contributed by atoms with Crippen molar-refractivity contribution >= 4 is 19.6 Å². The lowest BCUT2D eigenvalue weighted by atomic mass is 9.97. The summed E-state index contributed by atoms with van der Waals surface area (Å²) in [6.07, 6.45) is -6.21. The molecule has 0 saturated carbocycles. The van der Waals surface area contributed by atoms with Crippen LogP contribution in [-0.2, 0) is 28.2 Å². The van der Waals surface area contributed by atoms with Gasteiger partial charge in [-0.3, -0.25) is 14.1 Å². The second kappa shape index (κ2) is 12.3. The van der Waals surface area contributed by atoms with Crippen molar-refractivity contribution in [3.05, 3.63) is 24.3 Å². The van der Waals surface area contributed by atoms with Crippen molar-refractivity contribution in [1.82, 2.24) is 10.4 Å². The van der Waals surface area contributed by atoms with E-state index in [-0.39, 0.29) is 12.4 Å². The van der Waals surface area contributed by atoms with Crippen LogP contribution in [0.3, 0.4) is 0 Å². The predicted molar refractivity (Wildman–Crippen MR) is 112 cm³/mol. The van der Waals surface area contributed by atoms with Crippen LogP contribution in [0.2, 0.25) is 0 Å². The molecule has 1 amide bonds. The van der Waals surface area contributed by atoms with Gasteiger partial charge in [-0.05, 0) is 31.2 Å². The van der Waals surface area contributed by atoms with Gasteiger partial charge in [0, 0.05) is 6.92 Å². The van der Waals surface area contributed by atoms with E-state index in [0.717, 1.165) is 0 Å². The molecule has 2 unspecified atom stereocenters. The fourth-order valence-electron chi connectivity index (χ4n) is 2.90. The lowest BCUT2D eigenvalue weighted by Gasteiger charge is -2.40. The fourth-order valence-corrected chi connectivity index (χ4v) is 4.17. The summed E-state index contributed by atoms with van der Waals surface area (Å²) in [5.74, 6) is -0.624. The van der Waals surface area contributed by atoms with Crippen molar-refractivity contribution in [2.75, 3.05) is 26.9 Å². The maximum absolute atomic E-state index is 13.3. The largest absolute Gasteiger partial charge is 0.497 e. The number of carbonyl (C=O) groups excluding carboxylic acids is 2. The molecule has 0 radical (unpaired) electrons. The minimum atomic E-state index is -4.23. The summed E-state index contributed by atoms with van der Waals surface area (Å²) >= 11 is 0. The van der Waals surface area contributed by atoms with Crippen molar-refractivity contribution in [1.29, 1.82) is 0 Å². The topological polar surface area (TPSA) is 182 Å². The standard InChI is InChI=1S/C19H29N2O11P/c1-4-29-15(23)9-20-33(27,32-13-7-5-12(28-3)6-8-13)30-10-14-17(24)18(25)16(19(26)31-14)21-11(2)22/h5-8,14,16-19,24-26H,4,9-10H2,1-3H3,(H,20,27)(H,21,22)/t14-,16-,17-,18-,19?,33?/m1/s1. The summed E-state index contributed by atoms with van der Waals surface area (Å²) in [5.41, 5.74) is 0. The zero-order valence-electron chi connectivity index (χ0n) is 18.4. The van der Waals surface area contributed by atoms with Crippen LogP contribution in [-0.4, -0.2) is 84.7 Å². The van der Waals surface area contributed by atoms with E-state index < -0.39 is 63.4 Å². The van der Waals surface area contributed by atoms with Crippen LogP contribution in [0, 0.1) is 0 Å². The molecule has 14 heteroatoms. The van der Waals surface area contributed by atoms with Gasteiger partial charge < -0.3 is 39.4 Å². The lowest BCUT2D eigenvalue weighted by Crippen LogP contribution is -2.64. The van der Waals surface area contributed by atoms with Crippen molar-refractivity contribution in [3.63, 3.8) is 0 Å². The first-order chi connectivity index (χ1) is 15.6. The first-order valence-electron chi connectivity index (χ1n) is 10.0. The van der Waals surface area contributed by atoms with Crippen LogP contribution in [0.25, 0.3) is 0 Å². The number of hydrogen-bond acceptors (Lipinski definition) is 11. The Morgan fingerprint density at radius 2 is 1.76 bits per heavy atom. The zero-order chi connectivity index (χ0) is 24.6. The summed E-state index contributed by atoms with van der Waals surface area (Å²) < 4.78 is 39.1. The van der Waals surface area contributed by atoms with Gasteiger partial charge in [0.1, 0.15) is 42.4 Å². The molecule has 1 aromatic rings. The van der Waals surface area contributed by atoms with E-state index >= 15 is 0 Å². The second-order valence-electron chi connectivity index (χ2n) is 6.97. The molecule has 0 bridgehead atoms. The van der Waals surface area contributed by atoms with Crippen LogP contribution in [0.4, 0.5) is 0 Å². The van der Waals surface area contributed by atoms with E-state index in [0.29, 0.717) is 5.75 Å². The summed E-state index contributed by atoms with van der Waals surface area (Å²) in [6, 6.07) is 4.73. The molecule has 33 heavy (non-hydrogen) atoms. The summed E-state index contributed by atoms with van der Waals surface area (Å²) in [5, 5.41) is 35.2. The molecular formula is C19H29N2O11P. The SMILES string of the molecule is CCOC(=O)CNP(=O)(OC[C@H]1OC(O)[C@H](NC(C)=O)[C@@H](O)[C@@H]1O)Oc1ccc(OC)cc1. The molecule has 186 valence electrons. The average molecular weight is 492 g/mol. The minimum Gasteiger partial charge on any atom is -0.497 e. The molecule has 0 aromatic heterocycles. The number of amides is 1. The van der Waals surface area contributed by atoms with Gasteiger partial charge in [-0.15, -0.1) is 0 Å². The molecule has 1 aliphatic rings. The third-order valence-electron chi connectivity index (χ3n) is 4.51. The molecule has 0 spiro atoms. The number of aliphatic hydroxyl groups excluding tert-OH is 3. The maximum Gasteiger partial charge on any atom is 0.459 e. The van der Waals surface area contributed by atoms with Crippen LogP contribution in [0.5, 0.6) is 11.5 Å². The quantitative estimate of drug-likeness (QED) is 0.194. The number of nitrogens with one attached hydrogen (secondary N) is 2. The van der Waals surface area contributed by atoms with E-state index in [1.54, 1.807) is 19.1 Å². The van der Waals surface area contributed by atoms with E-state index in [1.165, 1.54) is 26.2 Å². The molecule has 1 saturated heterocycles.